The summed E-state index contributed by atoms with van der Waals surface area (Å²) in [6.07, 6.45) is 0. The molecule has 8 nitrogen and oxygen atoms in total. The minimum absolute atomic E-state index is 0.00143. The molecule has 134 valence electrons. The predicted octanol–water partition coefficient (Wildman–Crippen LogP) is -0.0853. The Morgan fingerprint density at radius 2 is 1.96 bits per heavy atom. The molecule has 2 heterocycles. The minimum atomic E-state index is -0.905. The highest BCUT2D eigenvalue weighted by molar-refractivity contribution is 5.96. The van der Waals surface area contributed by atoms with Crippen LogP contribution in [0.2, 0.25) is 0 Å². The molecule has 3 N–H and O–H groups in total. The number of fused-ring (bicyclic) bond motifs is 1. The van der Waals surface area contributed by atoms with Crippen LogP contribution in [-0.4, -0.2) is 78.4 Å². The second-order valence-electron chi connectivity index (χ2n) is 6.25. The maximum atomic E-state index is 13.5. The van der Waals surface area contributed by atoms with E-state index in [4.69, 9.17) is 5.73 Å². The van der Waals surface area contributed by atoms with E-state index in [0.717, 1.165) is 12.6 Å². The number of primary amides is 1. The highest BCUT2D eigenvalue weighted by Crippen LogP contribution is 2.18. The molecular formula is C16H20FN5O3. The molecule has 1 aromatic carbocycles. The monoisotopic (exact) mass is 349 g/mol. The molecule has 1 unspecified atom stereocenters. The topological polar surface area (TPSA) is 99.0 Å². The number of benzene rings is 1. The van der Waals surface area contributed by atoms with Crippen LogP contribution in [-0.2, 0) is 4.79 Å². The number of nitrogens with two attached hydrogens (primary N) is 1. The molecule has 9 heteroatoms. The lowest BCUT2D eigenvalue weighted by Crippen LogP contribution is -2.65. The second kappa shape index (κ2) is 6.67. The van der Waals surface area contributed by atoms with Crippen LogP contribution in [0.25, 0.3) is 0 Å². The number of nitrogens with zero attached hydrogens (tertiary/aromatic N) is 3. The third kappa shape index (κ3) is 3.41. The first-order valence-electron chi connectivity index (χ1n) is 8.01. The minimum Gasteiger partial charge on any atom is -0.366 e. The lowest BCUT2D eigenvalue weighted by Gasteiger charge is -2.45. The van der Waals surface area contributed by atoms with Gasteiger partial charge in [0.1, 0.15) is 11.9 Å². The average molecular weight is 349 g/mol. The second-order valence-corrected chi connectivity index (χ2v) is 6.25. The average Bonchev–Trinajstić information content (AvgIpc) is 2.59. The summed E-state index contributed by atoms with van der Waals surface area (Å²) >= 11 is 0. The number of hydrogen-bond donors (Lipinski definition) is 2. The molecular weight excluding hydrogens is 329 g/mol. The van der Waals surface area contributed by atoms with Crippen molar-refractivity contribution >= 4 is 23.5 Å². The molecule has 4 amide bonds. The van der Waals surface area contributed by atoms with Crippen LogP contribution in [0, 0.1) is 5.82 Å². The summed E-state index contributed by atoms with van der Waals surface area (Å²) in [5.41, 5.74) is 5.10. The van der Waals surface area contributed by atoms with E-state index in [1.807, 2.05) is 0 Å². The van der Waals surface area contributed by atoms with Gasteiger partial charge in [-0.25, -0.2) is 9.18 Å². The highest BCUT2D eigenvalue weighted by atomic mass is 19.1. The first-order chi connectivity index (χ1) is 11.9. The van der Waals surface area contributed by atoms with E-state index in [9.17, 15) is 18.8 Å². The number of anilines is 1. The lowest BCUT2D eigenvalue weighted by atomic mass is 10.1. The van der Waals surface area contributed by atoms with Gasteiger partial charge in [-0.05, 0) is 18.2 Å². The van der Waals surface area contributed by atoms with Crippen molar-refractivity contribution in [1.82, 2.24) is 14.7 Å². The van der Waals surface area contributed by atoms with Gasteiger partial charge in [-0.15, -0.1) is 0 Å². The van der Waals surface area contributed by atoms with Crippen molar-refractivity contribution in [3.8, 4) is 0 Å². The number of piperazine rings is 2. The van der Waals surface area contributed by atoms with Crippen molar-refractivity contribution in [2.24, 2.45) is 5.73 Å². The van der Waals surface area contributed by atoms with Crippen molar-refractivity contribution < 1.29 is 18.8 Å². The zero-order valence-corrected chi connectivity index (χ0v) is 13.9. The molecule has 0 radical (unpaired) electrons. The van der Waals surface area contributed by atoms with E-state index in [-0.39, 0.29) is 23.2 Å². The van der Waals surface area contributed by atoms with Crippen molar-refractivity contribution in [2.75, 3.05) is 45.1 Å². The molecule has 0 aliphatic carbocycles. The number of carbonyl (C=O) groups is 3. The first kappa shape index (κ1) is 17.2. The Kier molecular flexibility index (Phi) is 4.58. The Bertz CT molecular complexity index is 726. The predicted molar refractivity (Wildman–Crippen MR) is 88.5 cm³/mol. The normalized spacial score (nSPS) is 21.0. The first-order valence-corrected chi connectivity index (χ1v) is 8.01. The van der Waals surface area contributed by atoms with Gasteiger partial charge in [0.05, 0.1) is 5.56 Å². The van der Waals surface area contributed by atoms with Crippen LogP contribution in [0.3, 0.4) is 0 Å². The van der Waals surface area contributed by atoms with Gasteiger partial charge in [-0.2, -0.15) is 0 Å². The standard InChI is InChI=1S/C16H20FN5O3/c1-20-4-5-21-6-7-22(9-13(21)15(20)24)16(25)19-10-2-3-12(17)11(8-10)14(18)23/h2-3,8,13H,4-7,9H2,1H3,(H2,18,23)(H,19,25). The Labute approximate surface area is 144 Å². The van der Waals surface area contributed by atoms with Crippen LogP contribution in [0.5, 0.6) is 0 Å². The van der Waals surface area contributed by atoms with Gasteiger partial charge in [-0.1, -0.05) is 0 Å². The summed E-state index contributed by atoms with van der Waals surface area (Å²) in [7, 11) is 1.75. The maximum absolute atomic E-state index is 13.5. The SMILES string of the molecule is CN1CCN2CCN(C(=O)Nc3ccc(F)c(C(N)=O)c3)CC2C1=O. The van der Waals surface area contributed by atoms with Gasteiger partial charge in [0, 0.05) is 45.5 Å². The molecule has 2 aliphatic heterocycles. The summed E-state index contributed by atoms with van der Waals surface area (Å²) in [4.78, 5) is 41.2. The Morgan fingerprint density at radius 3 is 2.68 bits per heavy atom. The lowest BCUT2D eigenvalue weighted by molar-refractivity contribution is -0.142. The number of urea groups is 1. The molecule has 2 aliphatic rings. The number of nitrogens with one attached hydrogen (secondary N) is 1. The fraction of sp³-hybridized carbons (Fsp3) is 0.438. The Hall–Kier alpha value is -2.68. The largest absolute Gasteiger partial charge is 0.366 e. The number of rotatable bonds is 2. The van der Waals surface area contributed by atoms with Crippen LogP contribution in [0.15, 0.2) is 18.2 Å². The van der Waals surface area contributed by atoms with Crippen LogP contribution < -0.4 is 11.1 Å². The molecule has 2 fully saturated rings. The smallest absolute Gasteiger partial charge is 0.321 e. The van der Waals surface area contributed by atoms with Crippen LogP contribution in [0.4, 0.5) is 14.9 Å². The summed E-state index contributed by atoms with van der Waals surface area (Å²) in [6.45, 7) is 2.88. The molecule has 0 spiro atoms. The molecule has 1 aromatic rings. The van der Waals surface area contributed by atoms with E-state index in [1.165, 1.54) is 12.1 Å². The molecule has 0 bridgehead atoms. The quantitative estimate of drug-likeness (QED) is 0.780. The number of hydrogen-bond acceptors (Lipinski definition) is 4. The van der Waals surface area contributed by atoms with E-state index >= 15 is 0 Å². The molecule has 3 rings (SSSR count). The maximum Gasteiger partial charge on any atom is 0.321 e. The summed E-state index contributed by atoms with van der Waals surface area (Å²) < 4.78 is 13.5. The van der Waals surface area contributed by atoms with Crippen LogP contribution in [0.1, 0.15) is 10.4 Å². The summed E-state index contributed by atoms with van der Waals surface area (Å²) in [5, 5.41) is 2.62. The number of likely N-dealkylation sites (N-methyl/N-ethyl adjacent to an activating group) is 1. The molecule has 25 heavy (non-hydrogen) atoms. The molecule has 1 atom stereocenters. The zero-order valence-electron chi connectivity index (χ0n) is 13.9. The van der Waals surface area contributed by atoms with Crippen molar-refractivity contribution in [2.45, 2.75) is 6.04 Å². The van der Waals surface area contributed by atoms with Gasteiger partial charge in [-0.3, -0.25) is 14.5 Å². The molecule has 2 saturated heterocycles. The molecule has 0 saturated carbocycles. The number of carbonyl (C=O) groups excluding carboxylic acids is 3. The van der Waals surface area contributed by atoms with Crippen molar-refractivity contribution in [3.63, 3.8) is 0 Å². The fourth-order valence-electron chi connectivity index (χ4n) is 3.14. The van der Waals surface area contributed by atoms with Gasteiger partial charge >= 0.3 is 6.03 Å². The Balaban J connectivity index is 1.69. The van der Waals surface area contributed by atoms with Crippen LogP contribution >= 0.6 is 0 Å². The van der Waals surface area contributed by atoms with Crippen molar-refractivity contribution in [1.29, 1.82) is 0 Å². The van der Waals surface area contributed by atoms with Gasteiger partial charge < -0.3 is 20.9 Å². The van der Waals surface area contributed by atoms with Gasteiger partial charge in [0.2, 0.25) is 5.91 Å². The number of halogens is 1. The zero-order chi connectivity index (χ0) is 18.1. The van der Waals surface area contributed by atoms with E-state index in [0.29, 0.717) is 26.2 Å². The summed E-state index contributed by atoms with van der Waals surface area (Å²) in [6, 6.07) is 2.89. The van der Waals surface area contributed by atoms with Crippen molar-refractivity contribution in [3.05, 3.63) is 29.6 Å². The van der Waals surface area contributed by atoms with E-state index < -0.39 is 17.8 Å². The Morgan fingerprint density at radius 1 is 1.24 bits per heavy atom. The van der Waals surface area contributed by atoms with E-state index in [1.54, 1.807) is 16.8 Å². The third-order valence-electron chi connectivity index (χ3n) is 4.65. The van der Waals surface area contributed by atoms with Gasteiger partial charge in [0.15, 0.2) is 0 Å². The number of amides is 4. The van der Waals surface area contributed by atoms with Gasteiger partial charge in [0.25, 0.3) is 5.91 Å². The van der Waals surface area contributed by atoms with E-state index in [2.05, 4.69) is 10.2 Å². The molecule has 0 aromatic heterocycles. The third-order valence-corrected chi connectivity index (χ3v) is 4.65. The fourth-order valence-corrected chi connectivity index (χ4v) is 3.14. The summed E-state index contributed by atoms with van der Waals surface area (Å²) in [5.74, 6) is -1.64. The highest BCUT2D eigenvalue weighted by Gasteiger charge is 2.38.